The standard InChI is InChI=1S/C20H20N6O2/c1-11-5-6-14-15(8-11)25-16(24-14)10-22-19(27)17-12(2)23-20(28)26-18(17)13-4-3-7-21-9-13/h3-9,18H,10H2,1-2H3,(H,22,27)(H,24,25)(H2,23,26,28)/t18-/m1/s1. The van der Waals surface area contributed by atoms with E-state index >= 15 is 0 Å². The van der Waals surface area contributed by atoms with Gasteiger partial charge in [-0.2, -0.15) is 0 Å². The Labute approximate surface area is 161 Å². The van der Waals surface area contributed by atoms with E-state index in [0.29, 0.717) is 17.1 Å². The minimum absolute atomic E-state index is 0.247. The van der Waals surface area contributed by atoms with Gasteiger partial charge in [0.15, 0.2) is 0 Å². The SMILES string of the molecule is CC1=C(C(=O)NCc2nc3ccc(C)cc3[nH]2)[C@@H](c2cccnc2)NC(=O)N1. The molecule has 142 valence electrons. The predicted molar refractivity (Wildman–Crippen MR) is 104 cm³/mol. The molecule has 4 N–H and O–H groups in total. The Morgan fingerprint density at radius 1 is 1.25 bits per heavy atom. The molecule has 3 amide bonds. The first kappa shape index (κ1) is 17.7. The minimum Gasteiger partial charge on any atom is -0.345 e. The van der Waals surface area contributed by atoms with Gasteiger partial charge in [-0.25, -0.2) is 9.78 Å². The molecule has 1 aliphatic rings. The molecule has 0 bridgehead atoms. The second-order valence-corrected chi connectivity index (χ2v) is 6.74. The molecule has 0 fully saturated rings. The molecule has 0 unspecified atom stereocenters. The number of aromatic nitrogens is 3. The number of H-pyrrole nitrogens is 1. The number of aryl methyl sites for hydroxylation is 1. The number of carbonyl (C=O) groups excluding carboxylic acids is 2. The van der Waals surface area contributed by atoms with Crippen molar-refractivity contribution in [3.63, 3.8) is 0 Å². The van der Waals surface area contributed by atoms with Crippen LogP contribution in [0, 0.1) is 6.92 Å². The van der Waals surface area contributed by atoms with Gasteiger partial charge in [-0.15, -0.1) is 0 Å². The predicted octanol–water partition coefficient (Wildman–Crippen LogP) is 2.21. The number of urea groups is 1. The molecule has 0 radical (unpaired) electrons. The number of imidazole rings is 1. The second-order valence-electron chi connectivity index (χ2n) is 6.74. The van der Waals surface area contributed by atoms with Gasteiger partial charge in [-0.3, -0.25) is 9.78 Å². The van der Waals surface area contributed by atoms with Gasteiger partial charge in [0, 0.05) is 18.1 Å². The van der Waals surface area contributed by atoms with Crippen LogP contribution in [0.2, 0.25) is 0 Å². The summed E-state index contributed by atoms with van der Waals surface area (Å²) >= 11 is 0. The van der Waals surface area contributed by atoms with Crippen molar-refractivity contribution >= 4 is 23.0 Å². The Balaban J connectivity index is 1.56. The molecule has 0 saturated carbocycles. The summed E-state index contributed by atoms with van der Waals surface area (Å²) in [5.41, 5.74) is 4.61. The number of hydrogen-bond acceptors (Lipinski definition) is 4. The first-order valence-electron chi connectivity index (χ1n) is 8.93. The van der Waals surface area contributed by atoms with Crippen LogP contribution in [0.1, 0.15) is 29.9 Å². The van der Waals surface area contributed by atoms with Crippen LogP contribution in [-0.4, -0.2) is 26.9 Å². The van der Waals surface area contributed by atoms with Crippen molar-refractivity contribution in [3.8, 4) is 0 Å². The molecule has 0 aliphatic carbocycles. The normalized spacial score (nSPS) is 16.6. The highest BCUT2D eigenvalue weighted by Crippen LogP contribution is 2.26. The van der Waals surface area contributed by atoms with E-state index in [1.807, 2.05) is 31.2 Å². The fourth-order valence-electron chi connectivity index (χ4n) is 3.31. The number of allylic oxidation sites excluding steroid dienone is 1. The molecule has 1 aliphatic heterocycles. The molecule has 1 atom stereocenters. The highest BCUT2D eigenvalue weighted by atomic mass is 16.2. The number of nitrogens with one attached hydrogen (secondary N) is 4. The lowest BCUT2D eigenvalue weighted by Crippen LogP contribution is -2.47. The molecule has 0 spiro atoms. The molecule has 8 nitrogen and oxygen atoms in total. The van der Waals surface area contributed by atoms with Gasteiger partial charge in [0.25, 0.3) is 5.91 Å². The van der Waals surface area contributed by atoms with Crippen LogP contribution in [0.25, 0.3) is 11.0 Å². The Kier molecular flexibility index (Phi) is 4.52. The Hall–Kier alpha value is -3.68. The second kappa shape index (κ2) is 7.15. The van der Waals surface area contributed by atoms with Crippen molar-refractivity contribution in [1.82, 2.24) is 30.9 Å². The third-order valence-electron chi connectivity index (χ3n) is 4.63. The van der Waals surface area contributed by atoms with E-state index in [2.05, 4.69) is 30.9 Å². The first-order chi connectivity index (χ1) is 13.5. The van der Waals surface area contributed by atoms with Gasteiger partial charge in [0.05, 0.1) is 29.2 Å². The van der Waals surface area contributed by atoms with Crippen LogP contribution in [0.4, 0.5) is 4.79 Å². The number of fused-ring (bicyclic) bond motifs is 1. The van der Waals surface area contributed by atoms with Crippen LogP contribution < -0.4 is 16.0 Å². The third-order valence-corrected chi connectivity index (χ3v) is 4.63. The zero-order valence-corrected chi connectivity index (χ0v) is 15.5. The molecule has 28 heavy (non-hydrogen) atoms. The number of amides is 3. The van der Waals surface area contributed by atoms with E-state index in [1.165, 1.54) is 0 Å². The zero-order chi connectivity index (χ0) is 19.7. The van der Waals surface area contributed by atoms with E-state index in [-0.39, 0.29) is 18.5 Å². The van der Waals surface area contributed by atoms with Crippen molar-refractivity contribution in [1.29, 1.82) is 0 Å². The van der Waals surface area contributed by atoms with Crippen LogP contribution in [0.15, 0.2) is 54.0 Å². The van der Waals surface area contributed by atoms with E-state index in [1.54, 1.807) is 25.4 Å². The molecule has 3 aromatic rings. The molecule has 1 aromatic carbocycles. The molecule has 0 saturated heterocycles. The Morgan fingerprint density at radius 2 is 2.11 bits per heavy atom. The number of pyridine rings is 1. The summed E-state index contributed by atoms with van der Waals surface area (Å²) in [6.07, 6.45) is 3.28. The van der Waals surface area contributed by atoms with E-state index in [0.717, 1.165) is 22.2 Å². The maximum atomic E-state index is 12.9. The maximum Gasteiger partial charge on any atom is 0.319 e. The monoisotopic (exact) mass is 376 g/mol. The molecule has 2 aromatic heterocycles. The molecule has 3 heterocycles. The van der Waals surface area contributed by atoms with Crippen LogP contribution in [0.5, 0.6) is 0 Å². The Morgan fingerprint density at radius 3 is 2.89 bits per heavy atom. The largest absolute Gasteiger partial charge is 0.345 e. The van der Waals surface area contributed by atoms with Crippen molar-refractivity contribution in [3.05, 3.63) is 70.9 Å². The molecule has 4 rings (SSSR count). The highest BCUT2D eigenvalue weighted by Gasteiger charge is 2.31. The molecular weight excluding hydrogens is 356 g/mol. The molecular formula is C20H20N6O2. The number of benzene rings is 1. The van der Waals surface area contributed by atoms with Crippen LogP contribution in [0.3, 0.4) is 0 Å². The third kappa shape index (κ3) is 3.44. The van der Waals surface area contributed by atoms with Crippen LogP contribution >= 0.6 is 0 Å². The first-order valence-corrected chi connectivity index (χ1v) is 8.93. The maximum absolute atomic E-state index is 12.9. The average Bonchev–Trinajstić information content (AvgIpc) is 3.08. The summed E-state index contributed by atoms with van der Waals surface area (Å²) in [6.45, 7) is 3.97. The van der Waals surface area contributed by atoms with Crippen molar-refractivity contribution in [2.24, 2.45) is 0 Å². The number of hydrogen-bond donors (Lipinski definition) is 4. The van der Waals surface area contributed by atoms with Gasteiger partial charge in [-0.05, 0) is 43.2 Å². The number of aromatic amines is 1. The van der Waals surface area contributed by atoms with Gasteiger partial charge in [-0.1, -0.05) is 12.1 Å². The fraction of sp³-hybridized carbons (Fsp3) is 0.200. The summed E-state index contributed by atoms with van der Waals surface area (Å²) in [6, 6.07) is 8.62. The molecule has 8 heteroatoms. The van der Waals surface area contributed by atoms with Crippen molar-refractivity contribution < 1.29 is 9.59 Å². The smallest absolute Gasteiger partial charge is 0.319 e. The lowest BCUT2D eigenvalue weighted by Gasteiger charge is -2.28. The summed E-state index contributed by atoms with van der Waals surface area (Å²) in [4.78, 5) is 36.6. The minimum atomic E-state index is -0.569. The fourth-order valence-corrected chi connectivity index (χ4v) is 3.31. The number of carbonyl (C=O) groups is 2. The number of rotatable bonds is 4. The average molecular weight is 376 g/mol. The van der Waals surface area contributed by atoms with E-state index in [4.69, 9.17) is 0 Å². The number of nitrogens with zero attached hydrogens (tertiary/aromatic N) is 2. The van der Waals surface area contributed by atoms with E-state index < -0.39 is 6.04 Å². The van der Waals surface area contributed by atoms with Gasteiger partial charge >= 0.3 is 6.03 Å². The summed E-state index contributed by atoms with van der Waals surface area (Å²) < 4.78 is 0. The van der Waals surface area contributed by atoms with Gasteiger partial charge in [0.2, 0.25) is 0 Å². The van der Waals surface area contributed by atoms with Gasteiger partial charge in [0.1, 0.15) is 5.82 Å². The summed E-state index contributed by atoms with van der Waals surface area (Å²) in [7, 11) is 0. The topological polar surface area (TPSA) is 112 Å². The van der Waals surface area contributed by atoms with E-state index in [9.17, 15) is 9.59 Å². The lowest BCUT2D eigenvalue weighted by atomic mass is 9.96. The summed E-state index contributed by atoms with van der Waals surface area (Å²) in [5, 5.41) is 8.34. The quantitative estimate of drug-likeness (QED) is 0.559. The zero-order valence-electron chi connectivity index (χ0n) is 15.5. The lowest BCUT2D eigenvalue weighted by molar-refractivity contribution is -0.118. The van der Waals surface area contributed by atoms with Crippen LogP contribution in [-0.2, 0) is 11.3 Å². The van der Waals surface area contributed by atoms with Gasteiger partial charge < -0.3 is 20.9 Å². The highest BCUT2D eigenvalue weighted by molar-refractivity contribution is 5.98. The van der Waals surface area contributed by atoms with Crippen molar-refractivity contribution in [2.75, 3.05) is 0 Å². The summed E-state index contributed by atoms with van der Waals surface area (Å²) in [5.74, 6) is 0.383. The Bertz CT molecular complexity index is 1090. The van der Waals surface area contributed by atoms with Crippen molar-refractivity contribution in [2.45, 2.75) is 26.4 Å².